The lowest BCUT2D eigenvalue weighted by Gasteiger charge is -2.42. The van der Waals surface area contributed by atoms with Gasteiger partial charge in [-0.3, -0.25) is 4.79 Å². The van der Waals surface area contributed by atoms with Crippen molar-refractivity contribution in [3.8, 4) is 17.1 Å². The van der Waals surface area contributed by atoms with E-state index in [0.29, 0.717) is 23.7 Å². The molecule has 1 aliphatic rings. The van der Waals surface area contributed by atoms with Crippen LogP contribution in [0.4, 0.5) is 10.1 Å². The second kappa shape index (κ2) is 12.1. The molecule has 1 saturated heterocycles. The Kier molecular flexibility index (Phi) is 8.61. The van der Waals surface area contributed by atoms with Crippen LogP contribution < -0.4 is 15.4 Å². The monoisotopic (exact) mass is 516 g/mol. The topological polar surface area (TPSA) is 153 Å². The van der Waals surface area contributed by atoms with Crippen molar-refractivity contribution in [2.24, 2.45) is 0 Å². The van der Waals surface area contributed by atoms with Crippen molar-refractivity contribution in [1.29, 1.82) is 0 Å². The van der Waals surface area contributed by atoms with Gasteiger partial charge in [-0.25, -0.2) is 14.1 Å². The number of aromatic nitrogens is 4. The van der Waals surface area contributed by atoms with E-state index in [-0.39, 0.29) is 6.54 Å². The number of nitrogens with one attached hydrogen (secondary N) is 2. The molecular formula is C24H29FN6O6. The quantitative estimate of drug-likeness (QED) is 0.279. The lowest BCUT2D eigenvalue weighted by atomic mass is 9.92. The van der Waals surface area contributed by atoms with Gasteiger partial charge in [0.25, 0.3) is 5.91 Å². The van der Waals surface area contributed by atoms with Crippen LogP contribution in [0.3, 0.4) is 0 Å². The molecule has 5 atom stereocenters. The molecule has 1 fully saturated rings. The molecule has 3 aromatic rings. The summed E-state index contributed by atoms with van der Waals surface area (Å²) in [6, 6.07) is 8.45. The van der Waals surface area contributed by atoms with Gasteiger partial charge in [0.2, 0.25) is 5.88 Å². The van der Waals surface area contributed by atoms with Crippen molar-refractivity contribution in [1.82, 2.24) is 25.3 Å². The molecule has 198 valence electrons. The molecular weight excluding hydrogens is 487 g/mol. The summed E-state index contributed by atoms with van der Waals surface area (Å²) < 4.78 is 31.3. The first-order valence-electron chi connectivity index (χ1n) is 11.6. The van der Waals surface area contributed by atoms with Crippen molar-refractivity contribution in [3.05, 3.63) is 54.6 Å². The molecule has 4 N–H and O–H groups in total. The Balaban J connectivity index is 1.45. The number of ether oxygens (including phenoxy) is 3. The van der Waals surface area contributed by atoms with Gasteiger partial charge in [0.15, 0.2) is 6.10 Å². The van der Waals surface area contributed by atoms with E-state index in [2.05, 4.69) is 25.9 Å². The summed E-state index contributed by atoms with van der Waals surface area (Å²) in [5.74, 6) is -0.422. The summed E-state index contributed by atoms with van der Waals surface area (Å²) in [7, 11) is 2.92. The van der Waals surface area contributed by atoms with Gasteiger partial charge in [0.1, 0.15) is 35.9 Å². The number of nitrogens with zero attached hydrogens (tertiary/aromatic N) is 4. The van der Waals surface area contributed by atoms with Crippen LogP contribution in [0.15, 0.2) is 48.8 Å². The van der Waals surface area contributed by atoms with Crippen molar-refractivity contribution >= 4 is 11.6 Å². The molecule has 37 heavy (non-hydrogen) atoms. The van der Waals surface area contributed by atoms with E-state index in [1.54, 1.807) is 30.5 Å². The molecule has 0 spiro atoms. The summed E-state index contributed by atoms with van der Waals surface area (Å²) >= 11 is 0. The van der Waals surface area contributed by atoms with E-state index in [1.807, 2.05) is 0 Å². The molecule has 2 aromatic heterocycles. The van der Waals surface area contributed by atoms with Crippen molar-refractivity contribution in [2.45, 2.75) is 30.5 Å². The summed E-state index contributed by atoms with van der Waals surface area (Å²) in [4.78, 5) is 17.2. The fraction of sp³-hybridized carbons (Fsp3) is 0.417. The third kappa shape index (κ3) is 6.02. The highest BCUT2D eigenvalue weighted by Crippen LogP contribution is 2.32. The van der Waals surface area contributed by atoms with E-state index in [0.717, 1.165) is 5.69 Å². The van der Waals surface area contributed by atoms with Crippen LogP contribution in [0.1, 0.15) is 6.04 Å². The number of carbonyl (C=O) groups is 1. The highest BCUT2D eigenvalue weighted by Gasteiger charge is 2.49. The third-order valence-corrected chi connectivity index (χ3v) is 6.03. The van der Waals surface area contributed by atoms with E-state index in [4.69, 9.17) is 14.2 Å². The predicted molar refractivity (Wildman–Crippen MR) is 129 cm³/mol. The molecule has 0 unspecified atom stereocenters. The Morgan fingerprint density at radius 2 is 2.08 bits per heavy atom. The number of amides is 1. The maximum absolute atomic E-state index is 13.7. The zero-order valence-corrected chi connectivity index (χ0v) is 20.3. The number of benzene rings is 1. The maximum atomic E-state index is 13.7. The predicted octanol–water partition coefficient (Wildman–Crippen LogP) is 0.393. The van der Waals surface area contributed by atoms with Gasteiger partial charge in [-0.15, -0.1) is 5.10 Å². The molecule has 1 aromatic carbocycles. The van der Waals surface area contributed by atoms with Gasteiger partial charge >= 0.3 is 0 Å². The second-order valence-electron chi connectivity index (χ2n) is 8.36. The molecule has 0 radical (unpaired) electrons. The number of anilines is 1. The van der Waals surface area contributed by atoms with E-state index in [1.165, 1.54) is 37.2 Å². The average Bonchev–Trinajstić information content (AvgIpc) is 3.41. The van der Waals surface area contributed by atoms with Crippen molar-refractivity contribution < 1.29 is 33.6 Å². The Morgan fingerprint density at radius 1 is 1.24 bits per heavy atom. The molecule has 0 bridgehead atoms. The SMILES string of the molecule is COc1ccc(NCCNC(=O)[C@@H]2O[C@H](CO)[C@H](O)[C@H](n3cc(-c4cccc(F)c4)nn3)[C@H]2OC)cn1. The first-order chi connectivity index (χ1) is 17.9. The maximum Gasteiger partial charge on any atom is 0.252 e. The van der Waals surface area contributed by atoms with Gasteiger partial charge < -0.3 is 35.1 Å². The normalized spacial score (nSPS) is 23.4. The zero-order chi connectivity index (χ0) is 26.4. The molecule has 1 aliphatic heterocycles. The fourth-order valence-electron chi connectivity index (χ4n) is 4.17. The number of pyridine rings is 1. The summed E-state index contributed by atoms with van der Waals surface area (Å²) in [6.45, 7) is 0.125. The largest absolute Gasteiger partial charge is 0.481 e. The lowest BCUT2D eigenvalue weighted by molar-refractivity contribution is -0.212. The van der Waals surface area contributed by atoms with Crippen LogP contribution in [0.2, 0.25) is 0 Å². The highest BCUT2D eigenvalue weighted by molar-refractivity contribution is 5.81. The van der Waals surface area contributed by atoms with Gasteiger partial charge in [-0.1, -0.05) is 17.3 Å². The van der Waals surface area contributed by atoms with Crippen LogP contribution in [-0.4, -0.2) is 94.4 Å². The van der Waals surface area contributed by atoms with Crippen LogP contribution in [0.5, 0.6) is 5.88 Å². The average molecular weight is 517 g/mol. The van der Waals surface area contributed by atoms with Crippen LogP contribution in [-0.2, 0) is 14.3 Å². The Hall–Kier alpha value is -3.65. The minimum Gasteiger partial charge on any atom is -0.481 e. The molecule has 0 aliphatic carbocycles. The van der Waals surface area contributed by atoms with Crippen LogP contribution in [0.25, 0.3) is 11.3 Å². The van der Waals surface area contributed by atoms with Gasteiger partial charge in [-0.2, -0.15) is 0 Å². The third-order valence-electron chi connectivity index (χ3n) is 6.03. The summed E-state index contributed by atoms with van der Waals surface area (Å²) in [6.07, 6.45) is -1.31. The first-order valence-corrected chi connectivity index (χ1v) is 11.6. The van der Waals surface area contributed by atoms with Crippen molar-refractivity contribution in [3.63, 3.8) is 0 Å². The molecule has 4 rings (SSSR count). The standard InChI is InChI=1S/C24H29FN6O6/c1-35-19-7-6-16(11-28-19)26-8-9-27-24(34)23-22(36-2)20(21(33)18(13-32)37-23)31-12-17(29-30-31)14-4-3-5-15(25)10-14/h3-7,10-12,18,20-23,26,32-33H,8-9,13H2,1-2H3,(H,27,34)/t18-,20+,21+,22-,23-/m1/s1. The molecule has 12 nitrogen and oxygen atoms in total. The first kappa shape index (κ1) is 26.4. The summed E-state index contributed by atoms with van der Waals surface area (Å²) in [5.41, 5.74) is 1.62. The number of rotatable bonds is 10. The lowest BCUT2D eigenvalue weighted by Crippen LogP contribution is -2.60. The number of halogens is 1. The number of aliphatic hydroxyl groups excluding tert-OH is 2. The smallest absolute Gasteiger partial charge is 0.252 e. The number of hydrogen-bond acceptors (Lipinski definition) is 10. The fourth-order valence-corrected chi connectivity index (χ4v) is 4.17. The molecule has 1 amide bonds. The van der Waals surface area contributed by atoms with Crippen molar-refractivity contribution in [2.75, 3.05) is 39.2 Å². The second-order valence-corrected chi connectivity index (χ2v) is 8.36. The zero-order valence-electron chi connectivity index (χ0n) is 20.3. The van der Waals surface area contributed by atoms with Gasteiger partial charge in [-0.05, 0) is 18.2 Å². The Bertz CT molecular complexity index is 1180. The van der Waals surface area contributed by atoms with Crippen LogP contribution in [0, 0.1) is 5.82 Å². The number of carbonyl (C=O) groups excluding carboxylic acids is 1. The molecule has 0 saturated carbocycles. The molecule has 3 heterocycles. The molecule has 13 heteroatoms. The number of aliphatic hydroxyl groups is 2. The van der Waals surface area contributed by atoms with Gasteiger partial charge in [0.05, 0.1) is 31.8 Å². The van der Waals surface area contributed by atoms with E-state index < -0.39 is 48.8 Å². The summed E-state index contributed by atoms with van der Waals surface area (Å²) in [5, 5.41) is 34.8. The van der Waals surface area contributed by atoms with E-state index >= 15 is 0 Å². The van der Waals surface area contributed by atoms with E-state index in [9.17, 15) is 19.4 Å². The Morgan fingerprint density at radius 3 is 2.76 bits per heavy atom. The number of hydrogen-bond donors (Lipinski definition) is 4. The minimum atomic E-state index is -1.26. The Labute approximate surface area is 212 Å². The van der Waals surface area contributed by atoms with Gasteiger partial charge in [0, 0.05) is 31.8 Å². The van der Waals surface area contributed by atoms with Crippen LogP contribution >= 0.6 is 0 Å². The highest BCUT2D eigenvalue weighted by atomic mass is 19.1. The number of methoxy groups -OCH3 is 2. The minimum absolute atomic E-state index is 0.255.